The van der Waals surface area contributed by atoms with Gasteiger partial charge in [-0.3, -0.25) is 14.8 Å². The molecule has 1 N–H and O–H groups in total. The van der Waals surface area contributed by atoms with E-state index < -0.39 is 0 Å². The monoisotopic (exact) mass is 309 g/mol. The van der Waals surface area contributed by atoms with E-state index in [0.29, 0.717) is 23.3 Å². The van der Waals surface area contributed by atoms with Crippen LogP contribution in [0.5, 0.6) is 0 Å². The number of aromatic nitrogens is 3. The number of H-pyrrole nitrogens is 1. The van der Waals surface area contributed by atoms with Gasteiger partial charge in [-0.1, -0.05) is 30.3 Å². The van der Waals surface area contributed by atoms with Crippen LogP contribution >= 0.6 is 12.2 Å². The summed E-state index contributed by atoms with van der Waals surface area (Å²) in [6, 6.07) is 13.8. The van der Waals surface area contributed by atoms with Gasteiger partial charge in [-0.05, 0) is 35.5 Å². The number of aromatic amines is 1. The molecule has 2 aromatic heterocycles. The topological polar surface area (TPSA) is 50.7 Å². The summed E-state index contributed by atoms with van der Waals surface area (Å²) >= 11 is 5.25. The summed E-state index contributed by atoms with van der Waals surface area (Å²) in [4.78, 5) is 18.9. The second-order valence-electron chi connectivity index (χ2n) is 5.06. The molecule has 3 aromatic rings. The summed E-state index contributed by atoms with van der Waals surface area (Å²) in [7, 11) is 0. The van der Waals surface area contributed by atoms with Crippen LogP contribution in [0.1, 0.15) is 16.7 Å². The van der Waals surface area contributed by atoms with Crippen molar-refractivity contribution >= 4 is 12.2 Å². The zero-order valence-electron chi connectivity index (χ0n) is 11.9. The lowest BCUT2D eigenvalue weighted by atomic mass is 10.1. The Hall–Kier alpha value is -2.53. The van der Waals surface area contributed by atoms with Gasteiger partial charge in [0.05, 0.1) is 0 Å². The van der Waals surface area contributed by atoms with E-state index in [1.807, 2.05) is 53.2 Å². The zero-order valence-corrected chi connectivity index (χ0v) is 12.7. The molecule has 4 nitrogen and oxygen atoms in total. The number of rotatable bonds is 4. The number of hydrogen-bond acceptors (Lipinski definition) is 3. The van der Waals surface area contributed by atoms with Crippen molar-refractivity contribution < 1.29 is 0 Å². The molecular weight excluding hydrogens is 294 g/mol. The van der Waals surface area contributed by atoms with Gasteiger partial charge in [-0.15, -0.1) is 0 Å². The molecule has 0 aliphatic carbocycles. The maximum absolute atomic E-state index is 12.1. The molecule has 0 radical (unpaired) electrons. The Morgan fingerprint density at radius 1 is 1.05 bits per heavy atom. The summed E-state index contributed by atoms with van der Waals surface area (Å²) < 4.78 is 2.31. The SMILES string of the molecule is O=c1[nH]c(=S)n(Cc2ccncc2)cc1Cc1ccccc1. The Bertz CT molecular complexity index is 799. The molecule has 110 valence electrons. The number of nitrogens with one attached hydrogen (secondary N) is 1. The van der Waals surface area contributed by atoms with Crippen molar-refractivity contribution in [2.24, 2.45) is 0 Å². The molecule has 0 spiro atoms. The lowest BCUT2D eigenvalue weighted by molar-refractivity contribution is 0.732. The summed E-state index contributed by atoms with van der Waals surface area (Å²) in [5, 5.41) is 0. The lowest BCUT2D eigenvalue weighted by Crippen LogP contribution is -2.18. The van der Waals surface area contributed by atoms with Crippen molar-refractivity contribution in [3.8, 4) is 0 Å². The van der Waals surface area contributed by atoms with E-state index in [2.05, 4.69) is 9.97 Å². The minimum Gasteiger partial charge on any atom is -0.320 e. The van der Waals surface area contributed by atoms with E-state index in [0.717, 1.165) is 11.1 Å². The average molecular weight is 309 g/mol. The van der Waals surface area contributed by atoms with Gasteiger partial charge in [0.2, 0.25) is 0 Å². The molecule has 0 saturated carbocycles. The van der Waals surface area contributed by atoms with Crippen LogP contribution in [0.4, 0.5) is 0 Å². The Labute approximate surface area is 133 Å². The van der Waals surface area contributed by atoms with Crippen molar-refractivity contribution in [2.45, 2.75) is 13.0 Å². The molecule has 0 amide bonds. The van der Waals surface area contributed by atoms with E-state index in [-0.39, 0.29) is 5.56 Å². The van der Waals surface area contributed by atoms with Crippen molar-refractivity contribution in [3.05, 3.63) is 92.9 Å². The van der Waals surface area contributed by atoms with Crippen LogP contribution in [0.25, 0.3) is 0 Å². The maximum Gasteiger partial charge on any atom is 0.255 e. The Kier molecular flexibility index (Phi) is 4.25. The smallest absolute Gasteiger partial charge is 0.255 e. The fourth-order valence-corrected chi connectivity index (χ4v) is 2.51. The third-order valence-electron chi connectivity index (χ3n) is 3.42. The van der Waals surface area contributed by atoms with Crippen LogP contribution in [0.3, 0.4) is 0 Å². The normalized spacial score (nSPS) is 10.5. The molecule has 0 aliphatic rings. The molecule has 0 atom stereocenters. The van der Waals surface area contributed by atoms with E-state index in [1.54, 1.807) is 12.4 Å². The molecule has 3 rings (SSSR count). The third-order valence-corrected chi connectivity index (χ3v) is 3.76. The van der Waals surface area contributed by atoms with Gasteiger partial charge >= 0.3 is 0 Å². The third kappa shape index (κ3) is 3.38. The molecule has 1 aromatic carbocycles. The number of hydrogen-bond donors (Lipinski definition) is 1. The van der Waals surface area contributed by atoms with Crippen LogP contribution in [-0.4, -0.2) is 14.5 Å². The average Bonchev–Trinajstić information content (AvgIpc) is 2.54. The van der Waals surface area contributed by atoms with Gasteiger partial charge < -0.3 is 4.57 Å². The summed E-state index contributed by atoms with van der Waals surface area (Å²) in [5.41, 5.74) is 2.76. The molecular formula is C17H15N3OS. The highest BCUT2D eigenvalue weighted by atomic mass is 32.1. The fraction of sp³-hybridized carbons (Fsp3) is 0.118. The maximum atomic E-state index is 12.1. The molecule has 0 saturated heterocycles. The first-order chi connectivity index (χ1) is 10.7. The Morgan fingerprint density at radius 2 is 1.77 bits per heavy atom. The minimum absolute atomic E-state index is 0.125. The zero-order chi connectivity index (χ0) is 15.4. The van der Waals surface area contributed by atoms with E-state index in [4.69, 9.17) is 12.2 Å². The highest BCUT2D eigenvalue weighted by Gasteiger charge is 2.05. The van der Waals surface area contributed by atoms with Crippen molar-refractivity contribution in [1.82, 2.24) is 14.5 Å². The molecule has 0 unspecified atom stereocenters. The van der Waals surface area contributed by atoms with E-state index in [9.17, 15) is 4.79 Å². The number of benzene rings is 1. The van der Waals surface area contributed by atoms with Gasteiger partial charge in [0.15, 0.2) is 4.77 Å². The largest absolute Gasteiger partial charge is 0.320 e. The van der Waals surface area contributed by atoms with Gasteiger partial charge in [0.1, 0.15) is 0 Å². The van der Waals surface area contributed by atoms with Crippen LogP contribution in [-0.2, 0) is 13.0 Å². The van der Waals surface area contributed by atoms with Gasteiger partial charge in [-0.2, -0.15) is 0 Å². The molecule has 0 fully saturated rings. The Balaban J connectivity index is 1.93. The predicted octanol–water partition coefficient (Wildman–Crippen LogP) is 2.94. The van der Waals surface area contributed by atoms with Gasteiger partial charge in [0, 0.05) is 37.1 Å². The van der Waals surface area contributed by atoms with Gasteiger partial charge in [-0.25, -0.2) is 0 Å². The molecule has 5 heteroatoms. The lowest BCUT2D eigenvalue weighted by Gasteiger charge is -2.09. The van der Waals surface area contributed by atoms with Crippen LogP contribution < -0.4 is 5.56 Å². The van der Waals surface area contributed by atoms with Gasteiger partial charge in [0.25, 0.3) is 5.56 Å². The van der Waals surface area contributed by atoms with E-state index >= 15 is 0 Å². The fourth-order valence-electron chi connectivity index (χ4n) is 2.30. The second kappa shape index (κ2) is 6.49. The highest BCUT2D eigenvalue weighted by Crippen LogP contribution is 2.07. The van der Waals surface area contributed by atoms with Crippen molar-refractivity contribution in [1.29, 1.82) is 0 Å². The molecule has 0 bridgehead atoms. The number of pyridine rings is 1. The van der Waals surface area contributed by atoms with E-state index in [1.165, 1.54) is 0 Å². The van der Waals surface area contributed by atoms with Crippen molar-refractivity contribution in [3.63, 3.8) is 0 Å². The molecule has 22 heavy (non-hydrogen) atoms. The highest BCUT2D eigenvalue weighted by molar-refractivity contribution is 7.71. The first-order valence-electron chi connectivity index (χ1n) is 6.98. The van der Waals surface area contributed by atoms with Crippen molar-refractivity contribution in [2.75, 3.05) is 0 Å². The molecule has 0 aliphatic heterocycles. The van der Waals surface area contributed by atoms with Crippen LogP contribution in [0, 0.1) is 4.77 Å². The quantitative estimate of drug-likeness (QED) is 0.754. The predicted molar refractivity (Wildman–Crippen MR) is 88.5 cm³/mol. The van der Waals surface area contributed by atoms with Crippen LogP contribution in [0.2, 0.25) is 0 Å². The summed E-state index contributed by atoms with van der Waals surface area (Å²) in [6.07, 6.45) is 5.92. The Morgan fingerprint density at radius 3 is 2.50 bits per heavy atom. The first kappa shape index (κ1) is 14.4. The standard InChI is InChI=1S/C17H15N3OS/c21-16-15(10-13-4-2-1-3-5-13)12-20(17(22)19-16)11-14-6-8-18-9-7-14/h1-9,12H,10-11H2,(H,19,21,22). The van der Waals surface area contributed by atoms with Crippen LogP contribution in [0.15, 0.2) is 65.8 Å². The number of nitrogens with zero attached hydrogens (tertiary/aromatic N) is 2. The molecule has 2 heterocycles. The second-order valence-corrected chi connectivity index (χ2v) is 5.45. The first-order valence-corrected chi connectivity index (χ1v) is 7.38. The summed E-state index contributed by atoms with van der Waals surface area (Å²) in [5.74, 6) is 0. The minimum atomic E-state index is -0.125. The summed E-state index contributed by atoms with van der Waals surface area (Å²) in [6.45, 7) is 0.611.